The third-order valence-electron chi connectivity index (χ3n) is 5.03. The van der Waals surface area contributed by atoms with Gasteiger partial charge in [0.15, 0.2) is 0 Å². The molecule has 0 radical (unpaired) electrons. The van der Waals surface area contributed by atoms with E-state index >= 15 is 0 Å². The van der Waals surface area contributed by atoms with Crippen molar-refractivity contribution < 1.29 is 9.53 Å². The molecule has 1 aliphatic heterocycles. The average Bonchev–Trinajstić information content (AvgIpc) is 3.17. The molecule has 1 saturated heterocycles. The van der Waals surface area contributed by atoms with Crippen LogP contribution in [0.2, 0.25) is 0 Å². The number of hydrogen-bond donors (Lipinski definition) is 1. The number of hydrogen-bond acceptors (Lipinski definition) is 3. The molecule has 2 fully saturated rings. The smallest absolute Gasteiger partial charge is 0.233 e. The fourth-order valence-electron chi connectivity index (χ4n) is 3.38. The van der Waals surface area contributed by atoms with E-state index < -0.39 is 0 Å². The van der Waals surface area contributed by atoms with Crippen LogP contribution in [-0.4, -0.2) is 37.6 Å². The first-order valence-corrected chi connectivity index (χ1v) is 7.75. The van der Waals surface area contributed by atoms with Crippen LogP contribution < -0.4 is 10.5 Å². The van der Waals surface area contributed by atoms with E-state index in [2.05, 4.69) is 6.07 Å². The fourth-order valence-corrected chi connectivity index (χ4v) is 3.38. The first-order valence-electron chi connectivity index (χ1n) is 7.75. The van der Waals surface area contributed by atoms with Crippen LogP contribution in [0.5, 0.6) is 5.75 Å². The molecule has 2 aliphatic rings. The highest BCUT2D eigenvalue weighted by atomic mass is 16.5. The number of carbonyl (C=O) groups excluding carboxylic acids is 1. The summed E-state index contributed by atoms with van der Waals surface area (Å²) in [5.41, 5.74) is 7.64. The number of benzene rings is 1. The number of carbonyl (C=O) groups is 1. The summed E-state index contributed by atoms with van der Waals surface area (Å²) in [7, 11) is 1.68. The first-order chi connectivity index (χ1) is 10.1. The van der Waals surface area contributed by atoms with Crippen LogP contribution in [0.15, 0.2) is 18.2 Å². The monoisotopic (exact) mass is 288 g/mol. The number of nitrogens with zero attached hydrogens (tertiary/aromatic N) is 1. The Morgan fingerprint density at radius 3 is 2.81 bits per heavy atom. The molecule has 0 aromatic heterocycles. The SMILES string of the molecule is COc1cc(C2(C(=O)N3CC[C@@H](CN)C3)CC2)ccc1C. The number of aryl methyl sites for hydroxylation is 1. The molecule has 1 amide bonds. The minimum absolute atomic E-state index is 0.282. The lowest BCUT2D eigenvalue weighted by Gasteiger charge is -2.24. The Morgan fingerprint density at radius 1 is 1.48 bits per heavy atom. The molecule has 0 spiro atoms. The maximum Gasteiger partial charge on any atom is 0.233 e. The molecule has 1 saturated carbocycles. The van der Waals surface area contributed by atoms with Crippen LogP contribution in [0.25, 0.3) is 0 Å². The normalized spacial score (nSPS) is 23.2. The van der Waals surface area contributed by atoms with Gasteiger partial charge in [-0.2, -0.15) is 0 Å². The molecular formula is C17H24N2O2. The largest absolute Gasteiger partial charge is 0.496 e. The molecule has 1 aliphatic carbocycles. The van der Waals surface area contributed by atoms with Crippen molar-refractivity contribution in [3.63, 3.8) is 0 Å². The van der Waals surface area contributed by atoms with Crippen LogP contribution >= 0.6 is 0 Å². The zero-order valence-corrected chi connectivity index (χ0v) is 12.9. The van der Waals surface area contributed by atoms with Gasteiger partial charge in [0.2, 0.25) is 5.91 Å². The van der Waals surface area contributed by atoms with E-state index in [1.165, 1.54) is 0 Å². The van der Waals surface area contributed by atoms with Gasteiger partial charge in [0.1, 0.15) is 5.75 Å². The minimum Gasteiger partial charge on any atom is -0.496 e. The number of rotatable bonds is 4. The van der Waals surface area contributed by atoms with Gasteiger partial charge >= 0.3 is 0 Å². The summed E-state index contributed by atoms with van der Waals surface area (Å²) in [6.07, 6.45) is 2.93. The summed E-state index contributed by atoms with van der Waals surface area (Å²) in [5.74, 6) is 1.62. The third kappa shape index (κ3) is 2.42. The topological polar surface area (TPSA) is 55.6 Å². The summed E-state index contributed by atoms with van der Waals surface area (Å²) >= 11 is 0. The Hall–Kier alpha value is -1.55. The van der Waals surface area contributed by atoms with Gasteiger partial charge in [0.25, 0.3) is 0 Å². The van der Waals surface area contributed by atoms with E-state index in [-0.39, 0.29) is 11.3 Å². The molecule has 4 nitrogen and oxygen atoms in total. The van der Waals surface area contributed by atoms with Crippen molar-refractivity contribution in [2.75, 3.05) is 26.7 Å². The van der Waals surface area contributed by atoms with Crippen molar-refractivity contribution >= 4 is 5.91 Å². The predicted octanol–water partition coefficient (Wildman–Crippen LogP) is 1.84. The van der Waals surface area contributed by atoms with Gasteiger partial charge in [0.05, 0.1) is 12.5 Å². The highest BCUT2D eigenvalue weighted by Crippen LogP contribution is 2.51. The van der Waals surface area contributed by atoms with E-state index in [1.54, 1.807) is 7.11 Å². The molecule has 4 heteroatoms. The maximum absolute atomic E-state index is 12.9. The van der Waals surface area contributed by atoms with Gasteiger partial charge in [-0.15, -0.1) is 0 Å². The van der Waals surface area contributed by atoms with Crippen molar-refractivity contribution in [3.05, 3.63) is 29.3 Å². The molecule has 1 atom stereocenters. The Bertz CT molecular complexity index is 552. The Kier molecular flexibility index (Phi) is 3.66. The van der Waals surface area contributed by atoms with E-state index in [0.717, 1.165) is 49.2 Å². The van der Waals surface area contributed by atoms with Gasteiger partial charge in [0, 0.05) is 13.1 Å². The quantitative estimate of drug-likeness (QED) is 0.920. The van der Waals surface area contributed by atoms with Crippen molar-refractivity contribution in [1.82, 2.24) is 4.90 Å². The van der Waals surface area contributed by atoms with Crippen LogP contribution in [0.3, 0.4) is 0 Å². The van der Waals surface area contributed by atoms with Crippen LogP contribution in [-0.2, 0) is 10.2 Å². The van der Waals surface area contributed by atoms with Gasteiger partial charge < -0.3 is 15.4 Å². The van der Waals surface area contributed by atoms with Gasteiger partial charge in [-0.05, 0) is 55.8 Å². The predicted molar refractivity (Wildman–Crippen MR) is 82.4 cm³/mol. The average molecular weight is 288 g/mol. The second-order valence-corrected chi connectivity index (χ2v) is 6.41. The lowest BCUT2D eigenvalue weighted by Crippen LogP contribution is -2.38. The van der Waals surface area contributed by atoms with Crippen LogP contribution in [0.1, 0.15) is 30.4 Å². The summed E-state index contributed by atoms with van der Waals surface area (Å²) in [6.45, 7) is 4.37. The molecule has 2 N–H and O–H groups in total. The van der Waals surface area contributed by atoms with Crippen molar-refractivity contribution in [3.8, 4) is 5.75 Å². The van der Waals surface area contributed by atoms with Crippen LogP contribution in [0, 0.1) is 12.8 Å². The minimum atomic E-state index is -0.301. The zero-order valence-electron chi connectivity index (χ0n) is 12.9. The molecular weight excluding hydrogens is 264 g/mol. The molecule has 1 heterocycles. The molecule has 1 aromatic carbocycles. The number of ether oxygens (including phenoxy) is 1. The number of methoxy groups -OCH3 is 1. The molecule has 0 bridgehead atoms. The summed E-state index contributed by atoms with van der Waals surface area (Å²) < 4.78 is 5.41. The Balaban J connectivity index is 1.82. The molecule has 1 aromatic rings. The van der Waals surface area contributed by atoms with Gasteiger partial charge in [-0.25, -0.2) is 0 Å². The third-order valence-corrected chi connectivity index (χ3v) is 5.03. The summed E-state index contributed by atoms with van der Waals surface area (Å²) in [4.78, 5) is 14.9. The van der Waals surface area contributed by atoms with Crippen molar-refractivity contribution in [1.29, 1.82) is 0 Å². The second-order valence-electron chi connectivity index (χ2n) is 6.41. The number of amides is 1. The first kappa shape index (κ1) is 14.4. The molecule has 114 valence electrons. The highest BCUT2D eigenvalue weighted by Gasteiger charge is 2.53. The molecule has 3 rings (SSSR count). The lowest BCUT2D eigenvalue weighted by molar-refractivity contribution is -0.133. The second kappa shape index (κ2) is 5.34. The van der Waals surface area contributed by atoms with Crippen LogP contribution in [0.4, 0.5) is 0 Å². The summed E-state index contributed by atoms with van der Waals surface area (Å²) in [5, 5.41) is 0. The summed E-state index contributed by atoms with van der Waals surface area (Å²) in [6, 6.07) is 6.17. The van der Waals surface area contributed by atoms with Gasteiger partial charge in [-0.1, -0.05) is 12.1 Å². The van der Waals surface area contributed by atoms with Crippen molar-refractivity contribution in [2.24, 2.45) is 11.7 Å². The number of nitrogens with two attached hydrogens (primary N) is 1. The number of likely N-dealkylation sites (tertiary alicyclic amines) is 1. The maximum atomic E-state index is 12.9. The fraction of sp³-hybridized carbons (Fsp3) is 0.588. The van der Waals surface area contributed by atoms with Gasteiger partial charge in [-0.3, -0.25) is 4.79 Å². The van der Waals surface area contributed by atoms with E-state index in [4.69, 9.17) is 10.5 Å². The Morgan fingerprint density at radius 2 is 2.24 bits per heavy atom. The Labute approximate surface area is 126 Å². The molecule has 0 unspecified atom stereocenters. The standard InChI is InChI=1S/C17H24N2O2/c1-12-3-4-14(9-15(12)21-2)17(6-7-17)16(20)19-8-5-13(10-18)11-19/h3-4,9,13H,5-8,10-11,18H2,1-2H3/t13-/m0/s1. The highest BCUT2D eigenvalue weighted by molar-refractivity contribution is 5.91. The van der Waals surface area contributed by atoms with Crippen molar-refractivity contribution in [2.45, 2.75) is 31.6 Å². The molecule has 21 heavy (non-hydrogen) atoms. The van der Waals surface area contributed by atoms with E-state index in [1.807, 2.05) is 24.0 Å². The lowest BCUT2D eigenvalue weighted by atomic mass is 9.93. The van der Waals surface area contributed by atoms with E-state index in [9.17, 15) is 4.79 Å². The van der Waals surface area contributed by atoms with E-state index in [0.29, 0.717) is 12.5 Å². The zero-order chi connectivity index (χ0) is 15.0.